The van der Waals surface area contributed by atoms with E-state index in [1.54, 1.807) is 6.92 Å². The highest BCUT2D eigenvalue weighted by atomic mass is 32.2. The molecule has 19 heavy (non-hydrogen) atoms. The van der Waals surface area contributed by atoms with Gasteiger partial charge in [0.1, 0.15) is 0 Å². The van der Waals surface area contributed by atoms with Gasteiger partial charge in [0.25, 0.3) is 10.0 Å². The molecule has 0 aliphatic carbocycles. The Hall–Kier alpha value is -1.78. The van der Waals surface area contributed by atoms with Gasteiger partial charge in [-0.15, -0.1) is 0 Å². The van der Waals surface area contributed by atoms with Crippen molar-refractivity contribution in [3.8, 4) is 0 Å². The highest BCUT2D eigenvalue weighted by Crippen LogP contribution is 2.10. The molecule has 2 rings (SSSR count). The lowest BCUT2D eigenvalue weighted by atomic mass is 10.4. The Labute approximate surface area is 109 Å². The molecule has 104 valence electrons. The fourth-order valence-corrected chi connectivity index (χ4v) is 2.65. The van der Waals surface area contributed by atoms with E-state index in [0.717, 1.165) is 0 Å². The number of nitrogens with one attached hydrogen (secondary N) is 2. The predicted molar refractivity (Wildman–Crippen MR) is 64.4 cm³/mol. The van der Waals surface area contributed by atoms with Crippen LogP contribution in [0, 0.1) is 6.92 Å². The van der Waals surface area contributed by atoms with Crippen molar-refractivity contribution in [1.82, 2.24) is 25.1 Å². The van der Waals surface area contributed by atoms with Gasteiger partial charge in [-0.05, 0) is 6.92 Å². The summed E-state index contributed by atoms with van der Waals surface area (Å²) >= 11 is 0. The van der Waals surface area contributed by atoms with E-state index in [2.05, 4.69) is 25.1 Å². The third kappa shape index (κ3) is 3.16. The zero-order valence-corrected chi connectivity index (χ0v) is 11.1. The van der Waals surface area contributed by atoms with Crippen LogP contribution in [0.25, 0.3) is 0 Å². The van der Waals surface area contributed by atoms with Gasteiger partial charge < -0.3 is 10.3 Å². The molecule has 0 saturated heterocycles. The van der Waals surface area contributed by atoms with Crippen molar-refractivity contribution in [3.05, 3.63) is 23.5 Å². The second kappa shape index (κ2) is 5.47. The SMILES string of the molecule is Cc1noc(CCNS(=O)(=O)c2[nH]ncc2CN)n1. The molecule has 0 amide bonds. The molecule has 2 aromatic rings. The summed E-state index contributed by atoms with van der Waals surface area (Å²) in [7, 11) is -3.66. The lowest BCUT2D eigenvalue weighted by Gasteiger charge is -2.04. The van der Waals surface area contributed by atoms with Crippen molar-refractivity contribution in [2.45, 2.75) is 24.9 Å². The summed E-state index contributed by atoms with van der Waals surface area (Å²) in [4.78, 5) is 3.97. The van der Waals surface area contributed by atoms with Gasteiger partial charge in [-0.25, -0.2) is 13.1 Å². The molecule has 0 spiro atoms. The first kappa shape index (κ1) is 13.6. The fraction of sp³-hybridized carbons (Fsp3) is 0.444. The molecule has 0 atom stereocenters. The molecule has 2 heterocycles. The van der Waals surface area contributed by atoms with Crippen LogP contribution in [0.3, 0.4) is 0 Å². The highest BCUT2D eigenvalue weighted by molar-refractivity contribution is 7.89. The maximum atomic E-state index is 12.0. The largest absolute Gasteiger partial charge is 0.339 e. The van der Waals surface area contributed by atoms with Gasteiger partial charge >= 0.3 is 0 Å². The van der Waals surface area contributed by atoms with E-state index in [4.69, 9.17) is 10.3 Å². The fourth-order valence-electron chi connectivity index (χ4n) is 1.48. The van der Waals surface area contributed by atoms with Crippen molar-refractivity contribution in [2.75, 3.05) is 6.54 Å². The summed E-state index contributed by atoms with van der Waals surface area (Å²) in [6.07, 6.45) is 1.70. The number of aromatic amines is 1. The van der Waals surface area contributed by atoms with Crippen molar-refractivity contribution >= 4 is 10.0 Å². The number of nitrogens with two attached hydrogens (primary N) is 1. The quantitative estimate of drug-likeness (QED) is 0.623. The molecular weight excluding hydrogens is 272 g/mol. The monoisotopic (exact) mass is 286 g/mol. The molecule has 4 N–H and O–H groups in total. The average Bonchev–Trinajstić information content (AvgIpc) is 2.97. The van der Waals surface area contributed by atoms with Crippen LogP contribution in [0.4, 0.5) is 0 Å². The van der Waals surface area contributed by atoms with Crippen LogP contribution in [0.1, 0.15) is 17.3 Å². The molecule has 2 aromatic heterocycles. The summed E-state index contributed by atoms with van der Waals surface area (Å²) in [6, 6.07) is 0. The Morgan fingerprint density at radius 1 is 1.53 bits per heavy atom. The van der Waals surface area contributed by atoms with Crippen molar-refractivity contribution in [2.24, 2.45) is 5.73 Å². The van der Waals surface area contributed by atoms with Crippen molar-refractivity contribution < 1.29 is 12.9 Å². The Morgan fingerprint density at radius 2 is 2.32 bits per heavy atom. The second-order valence-electron chi connectivity index (χ2n) is 3.81. The molecule has 0 bridgehead atoms. The van der Waals surface area contributed by atoms with E-state index in [1.807, 2.05) is 0 Å². The smallest absolute Gasteiger partial charge is 0.257 e. The Kier molecular flexibility index (Phi) is 3.93. The number of sulfonamides is 1. The minimum atomic E-state index is -3.66. The molecule has 10 heteroatoms. The number of aryl methyl sites for hydroxylation is 1. The van der Waals surface area contributed by atoms with Gasteiger partial charge in [0.2, 0.25) is 5.89 Å². The lowest BCUT2D eigenvalue weighted by molar-refractivity contribution is 0.375. The summed E-state index contributed by atoms with van der Waals surface area (Å²) in [5, 5.41) is 9.68. The molecule has 0 unspecified atom stereocenters. The van der Waals surface area contributed by atoms with E-state index in [0.29, 0.717) is 23.7 Å². The van der Waals surface area contributed by atoms with Crippen LogP contribution in [0.2, 0.25) is 0 Å². The number of aromatic nitrogens is 4. The first-order valence-corrected chi connectivity index (χ1v) is 7.02. The van der Waals surface area contributed by atoms with Gasteiger partial charge in [0.05, 0.1) is 6.20 Å². The Bertz CT molecular complexity index is 646. The minimum absolute atomic E-state index is 0.0169. The molecule has 0 radical (unpaired) electrons. The summed E-state index contributed by atoms with van der Waals surface area (Å²) in [5.74, 6) is 0.890. The van der Waals surface area contributed by atoms with Crippen molar-refractivity contribution in [3.63, 3.8) is 0 Å². The van der Waals surface area contributed by atoms with E-state index in [1.165, 1.54) is 6.20 Å². The number of hydrogen-bond donors (Lipinski definition) is 3. The van der Waals surface area contributed by atoms with E-state index in [9.17, 15) is 8.42 Å². The standard InChI is InChI=1S/C9H14N6O3S/c1-6-13-8(18-15-6)2-3-12-19(16,17)9-7(4-10)5-11-14-9/h5,12H,2-4,10H2,1H3,(H,11,14). The van der Waals surface area contributed by atoms with Crippen LogP contribution in [-0.2, 0) is 23.0 Å². The van der Waals surface area contributed by atoms with Gasteiger partial charge in [-0.1, -0.05) is 5.16 Å². The van der Waals surface area contributed by atoms with E-state index in [-0.39, 0.29) is 18.1 Å². The highest BCUT2D eigenvalue weighted by Gasteiger charge is 2.19. The van der Waals surface area contributed by atoms with Gasteiger partial charge in [-0.2, -0.15) is 10.1 Å². The van der Waals surface area contributed by atoms with Crippen LogP contribution < -0.4 is 10.5 Å². The third-order valence-corrected chi connectivity index (χ3v) is 3.84. The Morgan fingerprint density at radius 3 is 2.95 bits per heavy atom. The molecule has 0 fully saturated rings. The van der Waals surface area contributed by atoms with Crippen LogP contribution in [-0.4, -0.2) is 35.3 Å². The topological polar surface area (TPSA) is 140 Å². The molecular formula is C9H14N6O3S. The molecule has 9 nitrogen and oxygen atoms in total. The zero-order chi connectivity index (χ0) is 13.9. The predicted octanol–water partition coefficient (Wildman–Crippen LogP) is -0.919. The minimum Gasteiger partial charge on any atom is -0.339 e. The van der Waals surface area contributed by atoms with E-state index < -0.39 is 10.0 Å². The number of H-pyrrole nitrogens is 1. The van der Waals surface area contributed by atoms with Crippen LogP contribution in [0.15, 0.2) is 15.7 Å². The van der Waals surface area contributed by atoms with Gasteiger partial charge in [0.15, 0.2) is 10.9 Å². The van der Waals surface area contributed by atoms with Gasteiger partial charge in [-0.3, -0.25) is 5.10 Å². The maximum Gasteiger partial charge on any atom is 0.257 e. The Balaban J connectivity index is 1.98. The molecule has 0 aliphatic rings. The maximum absolute atomic E-state index is 12.0. The normalized spacial score (nSPS) is 11.9. The number of nitrogens with zero attached hydrogens (tertiary/aromatic N) is 3. The van der Waals surface area contributed by atoms with E-state index >= 15 is 0 Å². The number of rotatable bonds is 6. The average molecular weight is 286 g/mol. The summed E-state index contributed by atoms with van der Waals surface area (Å²) < 4.78 is 31.2. The third-order valence-electron chi connectivity index (χ3n) is 2.37. The zero-order valence-electron chi connectivity index (χ0n) is 10.3. The molecule has 0 aliphatic heterocycles. The van der Waals surface area contributed by atoms with Crippen molar-refractivity contribution in [1.29, 1.82) is 0 Å². The number of hydrogen-bond acceptors (Lipinski definition) is 7. The van der Waals surface area contributed by atoms with Crippen LogP contribution >= 0.6 is 0 Å². The molecule has 0 aromatic carbocycles. The first-order valence-electron chi connectivity index (χ1n) is 5.54. The summed E-state index contributed by atoms with van der Waals surface area (Å²) in [5.41, 5.74) is 5.86. The molecule has 0 saturated carbocycles. The second-order valence-corrected chi connectivity index (χ2v) is 5.52. The summed E-state index contributed by atoms with van der Waals surface area (Å²) in [6.45, 7) is 1.93. The van der Waals surface area contributed by atoms with Gasteiger partial charge in [0, 0.05) is 25.1 Å². The lowest BCUT2D eigenvalue weighted by Crippen LogP contribution is -2.27. The van der Waals surface area contributed by atoms with Crippen LogP contribution in [0.5, 0.6) is 0 Å². The first-order chi connectivity index (χ1) is 9.03.